The third kappa shape index (κ3) is 5.04. The highest BCUT2D eigenvalue weighted by molar-refractivity contribution is 5.76. The van der Waals surface area contributed by atoms with E-state index in [4.69, 9.17) is 5.73 Å². The molecule has 0 aliphatic rings. The topological polar surface area (TPSA) is 46.3 Å². The molecule has 2 N–H and O–H groups in total. The molecule has 0 aromatic heterocycles. The standard InChI is InChI=1S/C15H21F3N2O/c1-3-5-20(4-2)15(21)8-11(19)6-10-7-13(17)14(18)9-12(10)16/h7,9,11H,3-6,8,19H2,1-2H3. The molecule has 0 aliphatic heterocycles. The van der Waals surface area contributed by atoms with Crippen LogP contribution in [0.15, 0.2) is 12.1 Å². The first kappa shape index (κ1) is 17.5. The van der Waals surface area contributed by atoms with Crippen molar-refractivity contribution in [2.75, 3.05) is 13.1 Å². The first-order valence-electron chi connectivity index (χ1n) is 7.05. The number of halogens is 3. The molecule has 0 spiro atoms. The van der Waals surface area contributed by atoms with E-state index in [1.165, 1.54) is 0 Å². The second-order valence-corrected chi connectivity index (χ2v) is 5.00. The molecule has 0 saturated carbocycles. The van der Waals surface area contributed by atoms with Crippen LogP contribution in [-0.2, 0) is 11.2 Å². The van der Waals surface area contributed by atoms with Crippen LogP contribution in [-0.4, -0.2) is 29.9 Å². The van der Waals surface area contributed by atoms with Gasteiger partial charge in [-0.3, -0.25) is 4.79 Å². The molecule has 1 rings (SSSR count). The summed E-state index contributed by atoms with van der Waals surface area (Å²) in [4.78, 5) is 13.7. The van der Waals surface area contributed by atoms with Gasteiger partial charge < -0.3 is 10.6 Å². The van der Waals surface area contributed by atoms with Crippen LogP contribution >= 0.6 is 0 Å². The zero-order valence-electron chi connectivity index (χ0n) is 12.3. The van der Waals surface area contributed by atoms with Crippen LogP contribution in [0.1, 0.15) is 32.3 Å². The van der Waals surface area contributed by atoms with E-state index in [2.05, 4.69) is 0 Å². The molecule has 1 aromatic carbocycles. The highest BCUT2D eigenvalue weighted by Crippen LogP contribution is 2.16. The third-order valence-electron chi connectivity index (χ3n) is 3.24. The summed E-state index contributed by atoms with van der Waals surface area (Å²) >= 11 is 0. The molecule has 1 aromatic rings. The SMILES string of the molecule is CCCN(CC)C(=O)CC(N)Cc1cc(F)c(F)cc1F. The van der Waals surface area contributed by atoms with Crippen LogP contribution < -0.4 is 5.73 Å². The van der Waals surface area contributed by atoms with Gasteiger partial charge in [-0.2, -0.15) is 0 Å². The van der Waals surface area contributed by atoms with Crippen molar-refractivity contribution >= 4 is 5.91 Å². The van der Waals surface area contributed by atoms with Crippen LogP contribution in [0.2, 0.25) is 0 Å². The van der Waals surface area contributed by atoms with E-state index >= 15 is 0 Å². The van der Waals surface area contributed by atoms with Crippen molar-refractivity contribution < 1.29 is 18.0 Å². The smallest absolute Gasteiger partial charge is 0.224 e. The molecule has 118 valence electrons. The van der Waals surface area contributed by atoms with E-state index in [9.17, 15) is 18.0 Å². The molecule has 1 amide bonds. The Bertz CT molecular complexity index is 494. The largest absolute Gasteiger partial charge is 0.343 e. The summed E-state index contributed by atoms with van der Waals surface area (Å²) in [7, 11) is 0. The average molecular weight is 302 g/mol. The molecular formula is C15H21F3N2O. The number of nitrogens with zero attached hydrogens (tertiary/aromatic N) is 1. The monoisotopic (exact) mass is 302 g/mol. The lowest BCUT2D eigenvalue weighted by Gasteiger charge is -2.22. The van der Waals surface area contributed by atoms with E-state index in [-0.39, 0.29) is 24.3 Å². The van der Waals surface area contributed by atoms with Gasteiger partial charge in [0.2, 0.25) is 5.91 Å². The number of carbonyl (C=O) groups excluding carboxylic acids is 1. The third-order valence-corrected chi connectivity index (χ3v) is 3.24. The van der Waals surface area contributed by atoms with Gasteiger partial charge in [0.25, 0.3) is 0 Å². The maximum Gasteiger partial charge on any atom is 0.224 e. The van der Waals surface area contributed by atoms with Crippen molar-refractivity contribution in [2.24, 2.45) is 5.73 Å². The molecule has 0 radical (unpaired) electrons. The molecule has 1 atom stereocenters. The zero-order valence-corrected chi connectivity index (χ0v) is 12.3. The van der Waals surface area contributed by atoms with E-state index < -0.39 is 23.5 Å². The molecule has 0 bridgehead atoms. The Morgan fingerprint density at radius 2 is 1.81 bits per heavy atom. The van der Waals surface area contributed by atoms with Crippen molar-refractivity contribution in [1.82, 2.24) is 4.90 Å². The number of carbonyl (C=O) groups is 1. The Hall–Kier alpha value is -1.56. The summed E-state index contributed by atoms with van der Waals surface area (Å²) < 4.78 is 39.5. The molecule has 0 heterocycles. The Balaban J connectivity index is 2.67. The van der Waals surface area contributed by atoms with E-state index in [1.807, 2.05) is 13.8 Å². The number of amides is 1. The Kier molecular flexibility index (Phi) is 6.68. The highest BCUT2D eigenvalue weighted by atomic mass is 19.2. The van der Waals surface area contributed by atoms with Gasteiger partial charge in [-0.15, -0.1) is 0 Å². The molecule has 21 heavy (non-hydrogen) atoms. The molecule has 3 nitrogen and oxygen atoms in total. The lowest BCUT2D eigenvalue weighted by Crippen LogP contribution is -2.37. The summed E-state index contributed by atoms with van der Waals surface area (Å²) in [5.74, 6) is -3.32. The number of hydrogen-bond donors (Lipinski definition) is 1. The molecule has 0 aliphatic carbocycles. The van der Waals surface area contributed by atoms with Gasteiger partial charge in [-0.25, -0.2) is 13.2 Å². The first-order chi connectivity index (χ1) is 9.88. The minimum Gasteiger partial charge on any atom is -0.343 e. The van der Waals surface area contributed by atoms with Crippen molar-refractivity contribution in [1.29, 1.82) is 0 Å². The summed E-state index contributed by atoms with van der Waals surface area (Å²) in [6.45, 7) is 5.06. The quantitative estimate of drug-likeness (QED) is 0.787. The first-order valence-corrected chi connectivity index (χ1v) is 7.05. The Labute approximate surface area is 122 Å². The summed E-state index contributed by atoms with van der Waals surface area (Å²) in [6.07, 6.45) is 0.872. The van der Waals surface area contributed by atoms with Crippen molar-refractivity contribution in [3.63, 3.8) is 0 Å². The Morgan fingerprint density at radius 3 is 2.38 bits per heavy atom. The normalized spacial score (nSPS) is 12.3. The van der Waals surface area contributed by atoms with Crippen molar-refractivity contribution in [2.45, 2.75) is 39.2 Å². The van der Waals surface area contributed by atoms with Gasteiger partial charge in [0.1, 0.15) is 5.82 Å². The molecule has 6 heteroatoms. The fourth-order valence-corrected chi connectivity index (χ4v) is 2.16. The predicted octanol–water partition coefficient (Wildman–Crippen LogP) is 2.62. The maximum atomic E-state index is 13.5. The summed E-state index contributed by atoms with van der Waals surface area (Å²) in [6, 6.07) is 0.649. The van der Waals surface area contributed by atoms with Gasteiger partial charge in [-0.1, -0.05) is 6.92 Å². The van der Waals surface area contributed by atoms with Crippen LogP contribution in [0.5, 0.6) is 0 Å². The van der Waals surface area contributed by atoms with Gasteiger partial charge in [-0.05, 0) is 31.4 Å². The van der Waals surface area contributed by atoms with Gasteiger partial charge >= 0.3 is 0 Å². The molecule has 0 fully saturated rings. The summed E-state index contributed by atoms with van der Waals surface area (Å²) in [5, 5.41) is 0. The molecule has 1 unspecified atom stereocenters. The van der Waals surface area contributed by atoms with Crippen LogP contribution in [0.3, 0.4) is 0 Å². The fraction of sp³-hybridized carbons (Fsp3) is 0.533. The lowest BCUT2D eigenvalue weighted by molar-refractivity contribution is -0.131. The highest BCUT2D eigenvalue weighted by Gasteiger charge is 2.18. The predicted molar refractivity (Wildman–Crippen MR) is 75.2 cm³/mol. The van der Waals surface area contributed by atoms with Gasteiger partial charge in [0.05, 0.1) is 0 Å². The van der Waals surface area contributed by atoms with Crippen LogP contribution in [0, 0.1) is 17.5 Å². The maximum absolute atomic E-state index is 13.5. The van der Waals surface area contributed by atoms with Gasteiger partial charge in [0, 0.05) is 31.6 Å². The average Bonchev–Trinajstić information content (AvgIpc) is 2.41. The fourth-order valence-electron chi connectivity index (χ4n) is 2.16. The second kappa shape index (κ2) is 8.02. The number of hydrogen-bond acceptors (Lipinski definition) is 2. The zero-order chi connectivity index (χ0) is 16.0. The van der Waals surface area contributed by atoms with Crippen LogP contribution in [0.25, 0.3) is 0 Å². The van der Waals surface area contributed by atoms with Crippen molar-refractivity contribution in [3.8, 4) is 0 Å². The lowest BCUT2D eigenvalue weighted by atomic mass is 10.0. The van der Waals surface area contributed by atoms with E-state index in [1.54, 1.807) is 4.90 Å². The molecular weight excluding hydrogens is 281 g/mol. The minimum absolute atomic E-state index is 0.0154. The van der Waals surface area contributed by atoms with E-state index in [0.29, 0.717) is 19.2 Å². The Morgan fingerprint density at radius 1 is 1.19 bits per heavy atom. The molecule has 0 saturated heterocycles. The summed E-state index contributed by atoms with van der Waals surface area (Å²) in [5.41, 5.74) is 5.80. The van der Waals surface area contributed by atoms with E-state index in [0.717, 1.165) is 12.5 Å². The van der Waals surface area contributed by atoms with Gasteiger partial charge in [0.15, 0.2) is 11.6 Å². The second-order valence-electron chi connectivity index (χ2n) is 5.00. The van der Waals surface area contributed by atoms with Crippen molar-refractivity contribution in [3.05, 3.63) is 35.1 Å². The van der Waals surface area contributed by atoms with Crippen LogP contribution in [0.4, 0.5) is 13.2 Å². The number of rotatable bonds is 7. The number of benzene rings is 1. The minimum atomic E-state index is -1.24. The number of nitrogens with two attached hydrogens (primary N) is 1.